The Hall–Kier alpha value is -2.32. The summed E-state index contributed by atoms with van der Waals surface area (Å²) in [5.74, 6) is 1.65. The van der Waals surface area contributed by atoms with Crippen molar-refractivity contribution >= 4 is 23.2 Å². The number of methoxy groups -OCH3 is 1. The normalized spacial score (nSPS) is 23.4. The van der Waals surface area contributed by atoms with Crippen LogP contribution in [-0.4, -0.2) is 99.3 Å². The molecule has 1 amide bonds. The van der Waals surface area contributed by atoms with E-state index in [2.05, 4.69) is 43.9 Å². The van der Waals surface area contributed by atoms with Crippen molar-refractivity contribution in [3.63, 3.8) is 0 Å². The number of carbonyl (C=O) groups is 1. The van der Waals surface area contributed by atoms with E-state index in [0.717, 1.165) is 101 Å². The molecular formula is C30H41ClN4O3. The molecule has 2 atom stereocenters. The van der Waals surface area contributed by atoms with Crippen molar-refractivity contribution in [3.8, 4) is 5.75 Å². The first-order valence-electron chi connectivity index (χ1n) is 14.0. The lowest BCUT2D eigenvalue weighted by Gasteiger charge is -2.45. The summed E-state index contributed by atoms with van der Waals surface area (Å²) in [4.78, 5) is 22.9. The monoisotopic (exact) mass is 540 g/mol. The summed E-state index contributed by atoms with van der Waals surface area (Å²) in [5.41, 5.74) is 2.45. The van der Waals surface area contributed by atoms with Crippen molar-refractivity contribution in [2.75, 3.05) is 77.6 Å². The van der Waals surface area contributed by atoms with E-state index in [1.165, 1.54) is 5.56 Å². The average molecular weight is 541 g/mol. The zero-order chi connectivity index (χ0) is 26.3. The van der Waals surface area contributed by atoms with Gasteiger partial charge in [0.15, 0.2) is 0 Å². The number of rotatable bonds is 8. The molecule has 3 heterocycles. The number of hydrogen-bond acceptors (Lipinski definition) is 6. The topological polar surface area (TPSA) is 48.5 Å². The number of carbonyl (C=O) groups excluding carboxylic acids is 1. The molecule has 0 spiro atoms. The van der Waals surface area contributed by atoms with Crippen LogP contribution in [0.25, 0.3) is 0 Å². The minimum absolute atomic E-state index is 0.297. The van der Waals surface area contributed by atoms with Crippen LogP contribution >= 0.6 is 11.6 Å². The Balaban J connectivity index is 1.16. The Morgan fingerprint density at radius 2 is 1.76 bits per heavy atom. The highest BCUT2D eigenvalue weighted by Crippen LogP contribution is 2.29. The molecule has 7 nitrogen and oxygen atoms in total. The first-order valence-corrected chi connectivity index (χ1v) is 14.4. The summed E-state index contributed by atoms with van der Waals surface area (Å²) in [6, 6.07) is 16.9. The summed E-state index contributed by atoms with van der Waals surface area (Å²) >= 11 is 6.10. The SMILES string of the molecule is COc1cccc(N2CCN(C(=O)CC[C@@H]3CN(Cc4ccc(Cl)cc4)CC[C@@H]3N3CCOCC3)CC2)c1. The van der Waals surface area contributed by atoms with Crippen LogP contribution in [0.5, 0.6) is 5.75 Å². The molecule has 0 aliphatic carbocycles. The van der Waals surface area contributed by atoms with E-state index in [-0.39, 0.29) is 0 Å². The van der Waals surface area contributed by atoms with E-state index >= 15 is 0 Å². The molecule has 0 N–H and O–H groups in total. The maximum Gasteiger partial charge on any atom is 0.222 e. The highest BCUT2D eigenvalue weighted by atomic mass is 35.5. The minimum Gasteiger partial charge on any atom is -0.497 e. The van der Waals surface area contributed by atoms with Crippen LogP contribution in [-0.2, 0) is 16.1 Å². The molecule has 206 valence electrons. The van der Waals surface area contributed by atoms with Crippen LogP contribution in [0.3, 0.4) is 0 Å². The standard InChI is InChI=1S/C30H41ClN4O3/c1-37-28-4-2-3-27(21-28)33-13-15-35(16-14-33)30(36)10-7-25-23-32(22-24-5-8-26(31)9-6-24)12-11-29(25)34-17-19-38-20-18-34/h2-6,8-9,21,25,29H,7,10-20,22-23H2,1H3/t25-,29+/m1/s1. The quantitative estimate of drug-likeness (QED) is 0.504. The Labute approximate surface area is 232 Å². The summed E-state index contributed by atoms with van der Waals surface area (Å²) in [6.45, 7) is 9.93. The second-order valence-corrected chi connectivity index (χ2v) is 11.2. The van der Waals surface area contributed by atoms with Crippen LogP contribution in [0.2, 0.25) is 5.02 Å². The Kier molecular flexibility index (Phi) is 9.44. The lowest BCUT2D eigenvalue weighted by atomic mass is 9.86. The van der Waals surface area contributed by atoms with Crippen LogP contribution in [0, 0.1) is 5.92 Å². The number of piperidine rings is 1. The number of halogens is 1. The maximum atomic E-state index is 13.3. The third-order valence-corrected chi connectivity index (χ3v) is 8.64. The molecule has 0 saturated carbocycles. The Morgan fingerprint density at radius 1 is 1.00 bits per heavy atom. The first kappa shape index (κ1) is 27.3. The second-order valence-electron chi connectivity index (χ2n) is 10.7. The molecule has 0 aromatic heterocycles. The molecule has 38 heavy (non-hydrogen) atoms. The van der Waals surface area contributed by atoms with Crippen LogP contribution in [0.1, 0.15) is 24.8 Å². The minimum atomic E-state index is 0.297. The third-order valence-electron chi connectivity index (χ3n) is 8.39. The van der Waals surface area contributed by atoms with E-state index in [9.17, 15) is 4.79 Å². The van der Waals surface area contributed by atoms with E-state index < -0.39 is 0 Å². The van der Waals surface area contributed by atoms with Crippen molar-refractivity contribution in [1.82, 2.24) is 14.7 Å². The van der Waals surface area contributed by atoms with E-state index in [1.807, 2.05) is 24.3 Å². The molecule has 2 aromatic carbocycles. The van der Waals surface area contributed by atoms with Crippen molar-refractivity contribution in [1.29, 1.82) is 0 Å². The first-order chi connectivity index (χ1) is 18.6. The smallest absolute Gasteiger partial charge is 0.222 e. The van der Waals surface area contributed by atoms with Gasteiger partial charge in [0.25, 0.3) is 0 Å². The molecule has 0 radical (unpaired) electrons. The molecule has 3 aliphatic heterocycles. The lowest BCUT2D eigenvalue weighted by molar-refractivity contribution is -0.132. The van der Waals surface area contributed by atoms with Gasteiger partial charge in [-0.05, 0) is 55.1 Å². The number of anilines is 1. The van der Waals surface area contributed by atoms with Crippen LogP contribution in [0.4, 0.5) is 5.69 Å². The number of benzene rings is 2. The van der Waals surface area contributed by atoms with Gasteiger partial charge in [0.05, 0.1) is 20.3 Å². The summed E-state index contributed by atoms with van der Waals surface area (Å²) in [7, 11) is 1.70. The molecule has 0 bridgehead atoms. The number of nitrogens with zero attached hydrogens (tertiary/aromatic N) is 4. The molecule has 3 saturated heterocycles. The molecule has 2 aromatic rings. The van der Waals surface area contributed by atoms with E-state index in [1.54, 1.807) is 7.11 Å². The maximum absolute atomic E-state index is 13.3. The predicted octanol–water partition coefficient (Wildman–Crippen LogP) is 4.00. The van der Waals surface area contributed by atoms with Gasteiger partial charge in [-0.2, -0.15) is 0 Å². The van der Waals surface area contributed by atoms with Gasteiger partial charge in [-0.1, -0.05) is 29.8 Å². The van der Waals surface area contributed by atoms with Gasteiger partial charge in [0, 0.05) is 81.6 Å². The molecule has 3 aliphatic rings. The van der Waals surface area contributed by atoms with Crippen molar-refractivity contribution in [3.05, 3.63) is 59.1 Å². The summed E-state index contributed by atoms with van der Waals surface area (Å²) in [6.07, 6.45) is 2.71. The van der Waals surface area contributed by atoms with E-state index in [4.69, 9.17) is 21.1 Å². The molecule has 5 rings (SSSR count). The number of ether oxygens (including phenoxy) is 2. The number of likely N-dealkylation sites (tertiary alicyclic amines) is 1. The number of piperazine rings is 1. The fraction of sp³-hybridized carbons (Fsp3) is 0.567. The van der Waals surface area contributed by atoms with Crippen LogP contribution < -0.4 is 9.64 Å². The number of morpholine rings is 1. The fourth-order valence-electron chi connectivity index (χ4n) is 6.25. The largest absolute Gasteiger partial charge is 0.497 e. The summed E-state index contributed by atoms with van der Waals surface area (Å²) < 4.78 is 11.0. The van der Waals surface area contributed by atoms with Gasteiger partial charge in [-0.25, -0.2) is 0 Å². The second kappa shape index (κ2) is 13.2. The molecule has 8 heteroatoms. The lowest BCUT2D eigenvalue weighted by Crippen LogP contribution is -2.54. The molecular weight excluding hydrogens is 500 g/mol. The van der Waals surface area contributed by atoms with Gasteiger partial charge in [0.1, 0.15) is 5.75 Å². The third kappa shape index (κ3) is 7.00. The number of hydrogen-bond donors (Lipinski definition) is 0. The molecule has 3 fully saturated rings. The van der Waals surface area contributed by atoms with Gasteiger partial charge < -0.3 is 19.3 Å². The highest BCUT2D eigenvalue weighted by Gasteiger charge is 2.34. The van der Waals surface area contributed by atoms with E-state index in [0.29, 0.717) is 24.3 Å². The Morgan fingerprint density at radius 3 is 2.50 bits per heavy atom. The zero-order valence-corrected chi connectivity index (χ0v) is 23.3. The van der Waals surface area contributed by atoms with Gasteiger partial charge >= 0.3 is 0 Å². The van der Waals surface area contributed by atoms with Gasteiger partial charge in [-0.3, -0.25) is 14.6 Å². The van der Waals surface area contributed by atoms with Crippen molar-refractivity contribution in [2.24, 2.45) is 5.92 Å². The zero-order valence-electron chi connectivity index (χ0n) is 22.6. The highest BCUT2D eigenvalue weighted by molar-refractivity contribution is 6.30. The average Bonchev–Trinajstić information content (AvgIpc) is 2.98. The fourth-order valence-corrected chi connectivity index (χ4v) is 6.37. The summed E-state index contributed by atoms with van der Waals surface area (Å²) in [5, 5.41) is 0.778. The van der Waals surface area contributed by atoms with Crippen molar-refractivity contribution < 1.29 is 14.3 Å². The number of amides is 1. The predicted molar refractivity (Wildman–Crippen MR) is 152 cm³/mol. The Bertz CT molecular complexity index is 1040. The molecule has 0 unspecified atom stereocenters. The van der Waals surface area contributed by atoms with Crippen molar-refractivity contribution in [2.45, 2.75) is 31.8 Å². The van der Waals surface area contributed by atoms with Gasteiger partial charge in [0.2, 0.25) is 5.91 Å². The van der Waals surface area contributed by atoms with Gasteiger partial charge in [-0.15, -0.1) is 0 Å². The van der Waals surface area contributed by atoms with Crippen LogP contribution in [0.15, 0.2) is 48.5 Å².